The van der Waals surface area contributed by atoms with Gasteiger partial charge in [0.25, 0.3) is 0 Å². The summed E-state index contributed by atoms with van der Waals surface area (Å²) in [5, 5.41) is 6.29. The molecule has 22 heavy (non-hydrogen) atoms. The maximum Gasteiger partial charge on any atom is 0.238 e. The SMILES string of the molecule is CCCCS(=O)(=O)N1CCCC1C(=O)NCC1CCCNC1. The molecule has 2 heterocycles. The summed E-state index contributed by atoms with van der Waals surface area (Å²) >= 11 is 0. The number of nitrogens with one attached hydrogen (secondary N) is 2. The molecule has 7 heteroatoms. The Labute approximate surface area is 134 Å². The minimum atomic E-state index is -3.30. The second kappa shape index (κ2) is 8.26. The van der Waals surface area contributed by atoms with E-state index in [9.17, 15) is 13.2 Å². The zero-order valence-corrected chi connectivity index (χ0v) is 14.3. The largest absolute Gasteiger partial charge is 0.354 e. The van der Waals surface area contributed by atoms with Crippen LogP contribution in [0.5, 0.6) is 0 Å². The van der Waals surface area contributed by atoms with Gasteiger partial charge in [-0.25, -0.2) is 8.42 Å². The van der Waals surface area contributed by atoms with Crippen molar-refractivity contribution in [2.45, 2.75) is 51.5 Å². The van der Waals surface area contributed by atoms with E-state index < -0.39 is 16.1 Å². The van der Waals surface area contributed by atoms with Crippen LogP contribution in [0.15, 0.2) is 0 Å². The molecule has 0 spiro atoms. The predicted octanol–water partition coefficient (Wildman–Crippen LogP) is 0.697. The standard InChI is InChI=1S/C15H29N3O3S/c1-2-3-10-22(20,21)18-9-5-7-14(18)15(19)17-12-13-6-4-8-16-11-13/h13-14,16H,2-12H2,1H3,(H,17,19). The second-order valence-corrected chi connectivity index (χ2v) is 8.44. The fourth-order valence-electron chi connectivity index (χ4n) is 3.24. The summed E-state index contributed by atoms with van der Waals surface area (Å²) in [6.07, 6.45) is 5.17. The molecule has 128 valence electrons. The van der Waals surface area contributed by atoms with Gasteiger partial charge in [-0.2, -0.15) is 4.31 Å². The average Bonchev–Trinajstić information content (AvgIpc) is 3.02. The lowest BCUT2D eigenvalue weighted by Crippen LogP contribution is -2.48. The van der Waals surface area contributed by atoms with E-state index >= 15 is 0 Å². The van der Waals surface area contributed by atoms with Crippen molar-refractivity contribution >= 4 is 15.9 Å². The fourth-order valence-corrected chi connectivity index (χ4v) is 5.12. The smallest absolute Gasteiger partial charge is 0.238 e. The number of amides is 1. The number of sulfonamides is 1. The molecule has 2 rings (SSSR count). The number of nitrogens with zero attached hydrogens (tertiary/aromatic N) is 1. The fraction of sp³-hybridized carbons (Fsp3) is 0.933. The lowest BCUT2D eigenvalue weighted by Gasteiger charge is -2.26. The third-order valence-corrected chi connectivity index (χ3v) is 6.54. The van der Waals surface area contributed by atoms with E-state index in [4.69, 9.17) is 0 Å². The van der Waals surface area contributed by atoms with E-state index in [0.717, 1.165) is 38.8 Å². The van der Waals surface area contributed by atoms with Crippen LogP contribution in [-0.4, -0.2) is 56.6 Å². The predicted molar refractivity (Wildman–Crippen MR) is 87.0 cm³/mol. The van der Waals surface area contributed by atoms with Crippen LogP contribution in [0.2, 0.25) is 0 Å². The number of piperidine rings is 1. The van der Waals surface area contributed by atoms with Gasteiger partial charge >= 0.3 is 0 Å². The van der Waals surface area contributed by atoms with Crippen LogP contribution in [0.4, 0.5) is 0 Å². The maximum absolute atomic E-state index is 12.4. The Hall–Kier alpha value is -0.660. The Morgan fingerprint density at radius 1 is 1.32 bits per heavy atom. The van der Waals surface area contributed by atoms with Gasteiger partial charge in [0, 0.05) is 13.1 Å². The van der Waals surface area contributed by atoms with Gasteiger partial charge in [-0.1, -0.05) is 13.3 Å². The monoisotopic (exact) mass is 331 g/mol. The molecule has 0 aromatic rings. The number of hydrogen-bond acceptors (Lipinski definition) is 4. The van der Waals surface area contributed by atoms with Crippen molar-refractivity contribution < 1.29 is 13.2 Å². The molecule has 2 N–H and O–H groups in total. The summed E-state index contributed by atoms with van der Waals surface area (Å²) in [5.74, 6) is 0.493. The molecule has 2 fully saturated rings. The number of hydrogen-bond donors (Lipinski definition) is 2. The van der Waals surface area contributed by atoms with Gasteiger partial charge in [-0.15, -0.1) is 0 Å². The minimum absolute atomic E-state index is 0.122. The van der Waals surface area contributed by atoms with Gasteiger partial charge < -0.3 is 10.6 Å². The molecule has 2 saturated heterocycles. The molecule has 0 aromatic carbocycles. The van der Waals surface area contributed by atoms with Crippen molar-refractivity contribution in [1.82, 2.24) is 14.9 Å². The summed E-state index contributed by atoms with van der Waals surface area (Å²) in [6, 6.07) is -0.501. The van der Waals surface area contributed by atoms with Crippen LogP contribution in [0.25, 0.3) is 0 Å². The Kier molecular flexibility index (Phi) is 6.65. The zero-order valence-electron chi connectivity index (χ0n) is 13.5. The van der Waals surface area contributed by atoms with E-state index in [1.807, 2.05) is 6.92 Å². The summed E-state index contributed by atoms with van der Waals surface area (Å²) in [6.45, 7) is 5.09. The third-order valence-electron chi connectivity index (χ3n) is 4.58. The molecular formula is C15H29N3O3S. The topological polar surface area (TPSA) is 78.5 Å². The number of unbranched alkanes of at least 4 members (excludes halogenated alkanes) is 1. The molecule has 2 atom stereocenters. The van der Waals surface area contributed by atoms with Crippen molar-refractivity contribution in [1.29, 1.82) is 0 Å². The maximum atomic E-state index is 12.4. The van der Waals surface area contributed by atoms with Gasteiger partial charge in [-0.05, 0) is 51.1 Å². The van der Waals surface area contributed by atoms with Crippen LogP contribution in [0.1, 0.15) is 45.4 Å². The first-order valence-electron chi connectivity index (χ1n) is 8.52. The Morgan fingerprint density at radius 3 is 2.82 bits per heavy atom. The van der Waals surface area contributed by atoms with Crippen LogP contribution in [-0.2, 0) is 14.8 Å². The normalized spacial score (nSPS) is 27.0. The first kappa shape index (κ1) is 17.7. The van der Waals surface area contributed by atoms with E-state index in [2.05, 4.69) is 10.6 Å². The quantitative estimate of drug-likeness (QED) is 0.720. The van der Waals surface area contributed by atoms with Crippen LogP contribution in [0, 0.1) is 5.92 Å². The van der Waals surface area contributed by atoms with E-state index in [-0.39, 0.29) is 11.7 Å². The molecule has 0 aromatic heterocycles. The highest BCUT2D eigenvalue weighted by molar-refractivity contribution is 7.89. The molecule has 2 aliphatic heterocycles. The minimum Gasteiger partial charge on any atom is -0.354 e. The molecule has 2 unspecified atom stereocenters. The highest BCUT2D eigenvalue weighted by atomic mass is 32.2. The van der Waals surface area contributed by atoms with Gasteiger partial charge in [0.05, 0.1) is 5.75 Å². The van der Waals surface area contributed by atoms with Crippen molar-refractivity contribution in [3.8, 4) is 0 Å². The van der Waals surface area contributed by atoms with Crippen molar-refractivity contribution in [3.63, 3.8) is 0 Å². The lowest BCUT2D eigenvalue weighted by atomic mass is 9.99. The van der Waals surface area contributed by atoms with E-state index in [1.54, 1.807) is 0 Å². The number of carbonyl (C=O) groups is 1. The van der Waals surface area contributed by atoms with Crippen LogP contribution >= 0.6 is 0 Å². The first-order valence-corrected chi connectivity index (χ1v) is 10.1. The molecule has 0 radical (unpaired) electrons. The summed E-state index contributed by atoms with van der Waals surface area (Å²) < 4.78 is 26.1. The lowest BCUT2D eigenvalue weighted by molar-refractivity contribution is -0.124. The van der Waals surface area contributed by atoms with Gasteiger partial charge in [0.1, 0.15) is 6.04 Å². The molecule has 0 aliphatic carbocycles. The van der Waals surface area contributed by atoms with Gasteiger partial charge in [0.15, 0.2) is 0 Å². The van der Waals surface area contributed by atoms with Crippen LogP contribution in [0.3, 0.4) is 0 Å². The van der Waals surface area contributed by atoms with Gasteiger partial charge in [0.2, 0.25) is 15.9 Å². The van der Waals surface area contributed by atoms with Crippen molar-refractivity contribution in [2.24, 2.45) is 5.92 Å². The number of rotatable bonds is 7. The Balaban J connectivity index is 1.87. The highest BCUT2D eigenvalue weighted by Crippen LogP contribution is 2.22. The third kappa shape index (κ3) is 4.67. The summed E-state index contributed by atoms with van der Waals surface area (Å²) in [5.41, 5.74) is 0. The van der Waals surface area contributed by atoms with Crippen molar-refractivity contribution in [3.05, 3.63) is 0 Å². The number of carbonyl (C=O) groups excluding carboxylic acids is 1. The molecule has 0 saturated carbocycles. The Bertz CT molecular complexity index is 461. The zero-order chi connectivity index (χ0) is 16.0. The van der Waals surface area contributed by atoms with Crippen molar-refractivity contribution in [2.75, 3.05) is 31.9 Å². The first-order chi connectivity index (χ1) is 10.5. The average molecular weight is 331 g/mol. The molecular weight excluding hydrogens is 302 g/mol. The highest BCUT2D eigenvalue weighted by Gasteiger charge is 2.38. The molecule has 1 amide bonds. The summed E-state index contributed by atoms with van der Waals surface area (Å²) in [4.78, 5) is 12.4. The molecule has 0 bridgehead atoms. The Morgan fingerprint density at radius 2 is 2.14 bits per heavy atom. The van der Waals surface area contributed by atoms with E-state index in [0.29, 0.717) is 31.8 Å². The van der Waals surface area contributed by atoms with Gasteiger partial charge in [-0.3, -0.25) is 4.79 Å². The summed E-state index contributed by atoms with van der Waals surface area (Å²) in [7, 11) is -3.30. The van der Waals surface area contributed by atoms with Crippen LogP contribution < -0.4 is 10.6 Å². The molecule has 2 aliphatic rings. The molecule has 6 nitrogen and oxygen atoms in total. The second-order valence-electron chi connectivity index (χ2n) is 6.40. The van der Waals surface area contributed by atoms with E-state index in [1.165, 1.54) is 4.31 Å².